The molecule has 2 aromatic rings. The van der Waals surface area contributed by atoms with Gasteiger partial charge in [-0.1, -0.05) is 0 Å². The first-order chi connectivity index (χ1) is 11.3. The van der Waals surface area contributed by atoms with Gasteiger partial charge < -0.3 is 10.2 Å². The second-order valence-corrected chi connectivity index (χ2v) is 5.46. The van der Waals surface area contributed by atoms with E-state index in [2.05, 4.69) is 21.4 Å². The largest absolute Gasteiger partial charge is 0.339 e. The molecular weight excluding hydrogens is 290 g/mol. The van der Waals surface area contributed by atoms with Gasteiger partial charge in [-0.05, 0) is 43.5 Å². The third-order valence-corrected chi connectivity index (χ3v) is 3.81. The molecule has 1 N–H and O–H groups in total. The van der Waals surface area contributed by atoms with Crippen molar-refractivity contribution in [3.05, 3.63) is 47.8 Å². The summed E-state index contributed by atoms with van der Waals surface area (Å²) in [5.41, 5.74) is 1.90. The number of hydrogen-bond acceptors (Lipinski definition) is 5. The molecule has 1 amide bonds. The summed E-state index contributed by atoms with van der Waals surface area (Å²) < 4.78 is 0. The number of anilines is 2. The van der Waals surface area contributed by atoms with Crippen LogP contribution in [0.4, 0.5) is 11.6 Å². The fourth-order valence-corrected chi connectivity index (χ4v) is 2.54. The van der Waals surface area contributed by atoms with Crippen LogP contribution in [0.25, 0.3) is 0 Å². The zero-order valence-corrected chi connectivity index (χ0v) is 12.7. The first-order valence-electron chi connectivity index (χ1n) is 7.65. The average Bonchev–Trinajstić information content (AvgIpc) is 2.63. The van der Waals surface area contributed by atoms with Gasteiger partial charge in [-0.25, -0.2) is 9.97 Å². The second kappa shape index (κ2) is 6.88. The molecule has 1 fully saturated rings. The highest BCUT2D eigenvalue weighted by Crippen LogP contribution is 2.15. The highest BCUT2D eigenvalue weighted by Gasteiger charge is 2.18. The van der Waals surface area contributed by atoms with E-state index in [0.29, 0.717) is 17.1 Å². The van der Waals surface area contributed by atoms with E-state index in [1.165, 1.54) is 6.42 Å². The number of rotatable bonds is 3. The molecule has 0 atom stereocenters. The molecule has 1 aliphatic heterocycles. The van der Waals surface area contributed by atoms with Crippen molar-refractivity contribution in [2.75, 3.05) is 18.4 Å². The third-order valence-electron chi connectivity index (χ3n) is 3.81. The highest BCUT2D eigenvalue weighted by molar-refractivity contribution is 5.93. The summed E-state index contributed by atoms with van der Waals surface area (Å²) in [6, 6.07) is 9.08. The molecule has 1 aliphatic rings. The molecule has 6 nitrogen and oxygen atoms in total. The van der Waals surface area contributed by atoms with Crippen molar-refractivity contribution in [1.82, 2.24) is 14.9 Å². The summed E-state index contributed by atoms with van der Waals surface area (Å²) in [5.74, 6) is 0.416. The van der Waals surface area contributed by atoms with E-state index in [-0.39, 0.29) is 5.91 Å². The average molecular weight is 307 g/mol. The Morgan fingerprint density at radius 3 is 2.35 bits per heavy atom. The summed E-state index contributed by atoms with van der Waals surface area (Å²) in [6.07, 6.45) is 6.41. The Morgan fingerprint density at radius 2 is 1.74 bits per heavy atom. The van der Waals surface area contributed by atoms with E-state index in [9.17, 15) is 4.79 Å². The van der Waals surface area contributed by atoms with Crippen molar-refractivity contribution < 1.29 is 4.79 Å². The first kappa shape index (κ1) is 15.0. The van der Waals surface area contributed by atoms with Crippen molar-refractivity contribution in [2.24, 2.45) is 0 Å². The number of nitrogens with zero attached hydrogens (tertiary/aromatic N) is 4. The van der Waals surface area contributed by atoms with E-state index in [4.69, 9.17) is 5.26 Å². The molecule has 3 rings (SSSR count). The minimum Gasteiger partial charge on any atom is -0.339 e. The quantitative estimate of drug-likeness (QED) is 0.942. The summed E-state index contributed by atoms with van der Waals surface area (Å²) >= 11 is 0. The number of nitriles is 1. The van der Waals surface area contributed by atoms with Crippen LogP contribution in [0.5, 0.6) is 0 Å². The fourth-order valence-electron chi connectivity index (χ4n) is 2.54. The maximum Gasteiger partial charge on any atom is 0.256 e. The number of likely N-dealkylation sites (tertiary alicyclic amines) is 1. The van der Waals surface area contributed by atoms with Gasteiger partial charge in [0.15, 0.2) is 0 Å². The lowest BCUT2D eigenvalue weighted by Gasteiger charge is -2.26. The van der Waals surface area contributed by atoms with Gasteiger partial charge in [0.25, 0.3) is 5.91 Å². The first-order valence-corrected chi connectivity index (χ1v) is 7.65. The normalized spacial score (nSPS) is 14.1. The van der Waals surface area contributed by atoms with Gasteiger partial charge in [-0.2, -0.15) is 5.26 Å². The van der Waals surface area contributed by atoms with E-state index < -0.39 is 0 Å². The molecule has 1 aromatic heterocycles. The molecule has 1 aromatic carbocycles. The number of hydrogen-bond donors (Lipinski definition) is 1. The molecule has 0 radical (unpaired) electrons. The van der Waals surface area contributed by atoms with Crippen molar-refractivity contribution in [2.45, 2.75) is 19.3 Å². The van der Waals surface area contributed by atoms with Crippen LogP contribution in [0.3, 0.4) is 0 Å². The van der Waals surface area contributed by atoms with Crippen LogP contribution in [0.15, 0.2) is 36.7 Å². The smallest absolute Gasteiger partial charge is 0.256 e. The number of carbonyl (C=O) groups excluding carboxylic acids is 1. The Balaban J connectivity index is 1.66. The zero-order chi connectivity index (χ0) is 16.1. The van der Waals surface area contributed by atoms with E-state index in [1.807, 2.05) is 4.90 Å². The lowest BCUT2D eigenvalue weighted by atomic mass is 10.1. The summed E-state index contributed by atoms with van der Waals surface area (Å²) in [4.78, 5) is 22.6. The Kier molecular flexibility index (Phi) is 4.48. The molecular formula is C17H17N5O. The van der Waals surface area contributed by atoms with Crippen molar-refractivity contribution >= 4 is 17.5 Å². The van der Waals surface area contributed by atoms with Crippen molar-refractivity contribution in [3.63, 3.8) is 0 Å². The van der Waals surface area contributed by atoms with Gasteiger partial charge >= 0.3 is 0 Å². The van der Waals surface area contributed by atoms with Gasteiger partial charge in [-0.3, -0.25) is 4.79 Å². The number of benzene rings is 1. The Labute approximate surface area is 134 Å². The van der Waals surface area contributed by atoms with Gasteiger partial charge in [0.1, 0.15) is 0 Å². The topological polar surface area (TPSA) is 81.9 Å². The molecule has 0 aliphatic carbocycles. The molecule has 0 spiro atoms. The van der Waals surface area contributed by atoms with Crippen LogP contribution in [0, 0.1) is 11.3 Å². The minimum absolute atomic E-state index is 0.00498. The van der Waals surface area contributed by atoms with Gasteiger partial charge in [0.05, 0.1) is 17.2 Å². The van der Waals surface area contributed by atoms with Crippen LogP contribution in [0.1, 0.15) is 35.2 Å². The number of piperidine rings is 1. The van der Waals surface area contributed by atoms with Crippen LogP contribution in [0.2, 0.25) is 0 Å². The van der Waals surface area contributed by atoms with Crippen LogP contribution >= 0.6 is 0 Å². The lowest BCUT2D eigenvalue weighted by molar-refractivity contribution is 0.0723. The van der Waals surface area contributed by atoms with Gasteiger partial charge in [-0.15, -0.1) is 0 Å². The van der Waals surface area contributed by atoms with E-state index in [1.54, 1.807) is 36.7 Å². The van der Waals surface area contributed by atoms with Crippen LogP contribution < -0.4 is 5.32 Å². The lowest BCUT2D eigenvalue weighted by Crippen LogP contribution is -2.35. The Morgan fingerprint density at radius 1 is 1.09 bits per heavy atom. The molecule has 6 heteroatoms. The third kappa shape index (κ3) is 3.64. The minimum atomic E-state index is -0.00498. The van der Waals surface area contributed by atoms with E-state index >= 15 is 0 Å². The maximum atomic E-state index is 12.3. The molecule has 23 heavy (non-hydrogen) atoms. The van der Waals surface area contributed by atoms with Crippen molar-refractivity contribution in [1.29, 1.82) is 5.26 Å². The van der Waals surface area contributed by atoms with Crippen molar-refractivity contribution in [3.8, 4) is 6.07 Å². The Bertz CT molecular complexity index is 712. The SMILES string of the molecule is N#Cc1ccc(Nc2ncc(C(=O)N3CCCCC3)cn2)cc1. The monoisotopic (exact) mass is 307 g/mol. The number of aromatic nitrogens is 2. The van der Waals surface area contributed by atoms with Crippen LogP contribution in [-0.4, -0.2) is 33.9 Å². The summed E-state index contributed by atoms with van der Waals surface area (Å²) in [7, 11) is 0. The fraction of sp³-hybridized carbons (Fsp3) is 0.294. The summed E-state index contributed by atoms with van der Waals surface area (Å²) in [5, 5.41) is 11.8. The second-order valence-electron chi connectivity index (χ2n) is 5.46. The van der Waals surface area contributed by atoms with E-state index in [0.717, 1.165) is 31.6 Å². The predicted molar refractivity (Wildman–Crippen MR) is 86.2 cm³/mol. The van der Waals surface area contributed by atoms with Gasteiger partial charge in [0.2, 0.25) is 5.95 Å². The summed E-state index contributed by atoms with van der Waals surface area (Å²) in [6.45, 7) is 1.62. The highest BCUT2D eigenvalue weighted by atomic mass is 16.2. The zero-order valence-electron chi connectivity index (χ0n) is 12.7. The molecule has 0 bridgehead atoms. The number of amides is 1. The standard InChI is InChI=1S/C17H17N5O/c18-10-13-4-6-15(7-5-13)21-17-19-11-14(12-20-17)16(23)22-8-2-1-3-9-22/h4-7,11-12H,1-3,8-9H2,(H,19,20,21). The number of nitrogens with one attached hydrogen (secondary N) is 1. The van der Waals surface area contributed by atoms with Gasteiger partial charge in [0, 0.05) is 31.2 Å². The van der Waals surface area contributed by atoms with Crippen LogP contribution in [-0.2, 0) is 0 Å². The molecule has 2 heterocycles. The Hall–Kier alpha value is -2.94. The molecule has 0 unspecified atom stereocenters. The predicted octanol–water partition coefficient (Wildman–Crippen LogP) is 2.72. The molecule has 0 saturated carbocycles. The maximum absolute atomic E-state index is 12.3. The molecule has 116 valence electrons. The molecule has 1 saturated heterocycles. The number of carbonyl (C=O) groups is 1.